The van der Waals surface area contributed by atoms with E-state index in [1.165, 1.54) is 5.57 Å². The summed E-state index contributed by atoms with van der Waals surface area (Å²) in [6.07, 6.45) is 8.33. The Labute approximate surface area is 66.5 Å². The van der Waals surface area contributed by atoms with E-state index in [9.17, 15) is 0 Å². The van der Waals surface area contributed by atoms with Crippen LogP contribution in [0.1, 0.15) is 13.3 Å². The molecule has 0 unspecified atom stereocenters. The second-order valence-corrected chi connectivity index (χ2v) is 1.47. The molecule has 0 aromatic rings. The Morgan fingerprint density at radius 3 is 2.11 bits per heavy atom. The third-order valence-electron chi connectivity index (χ3n) is 0.867. The molecule has 0 bridgehead atoms. The molecule has 0 heterocycles. The largest absolute Gasteiger partial charge is 3.00 e. The van der Waals surface area contributed by atoms with Crippen LogP contribution in [0.5, 0.6) is 0 Å². The molecule has 1 aliphatic carbocycles. The first-order valence-electron chi connectivity index (χ1n) is 2.13. The Balaban J connectivity index is -0.000000120. The van der Waals surface area contributed by atoms with Crippen molar-refractivity contribution in [3.8, 4) is 0 Å². The summed E-state index contributed by atoms with van der Waals surface area (Å²) < 4.78 is 0. The van der Waals surface area contributed by atoms with Gasteiger partial charge in [0.15, 0.2) is 0 Å². The Kier molecular flexibility index (Phi) is 14.1. The van der Waals surface area contributed by atoms with E-state index in [2.05, 4.69) is 25.2 Å². The van der Waals surface area contributed by atoms with Gasteiger partial charge in [-0.05, 0) is 0 Å². The average molecular weight is 218 g/mol. The van der Waals surface area contributed by atoms with E-state index in [1.54, 1.807) is 0 Å². The maximum Gasteiger partial charge on any atom is 3.00 e. The van der Waals surface area contributed by atoms with Crippen molar-refractivity contribution < 1.29 is 28.9 Å². The number of hydrogen-bond donors (Lipinski definition) is 0. The second-order valence-electron chi connectivity index (χ2n) is 1.47. The normalized spacial score (nSPS) is 12.3. The van der Waals surface area contributed by atoms with Gasteiger partial charge in [-0.25, -0.2) is 11.6 Å². The number of hydrogen-bond acceptors (Lipinski definition) is 0. The van der Waals surface area contributed by atoms with Gasteiger partial charge in [-0.1, -0.05) is 6.92 Å². The maximum absolute atomic E-state index is 3.12. The Morgan fingerprint density at radius 1 is 1.44 bits per heavy atom. The molecule has 0 aliphatic heterocycles. The molecule has 0 saturated heterocycles. The summed E-state index contributed by atoms with van der Waals surface area (Å²) in [4.78, 5) is 0. The van der Waals surface area contributed by atoms with Crippen LogP contribution in [0.3, 0.4) is 0 Å². The zero-order valence-electron chi connectivity index (χ0n) is 4.97. The van der Waals surface area contributed by atoms with Gasteiger partial charge in [0.05, 0.1) is 0 Å². The summed E-state index contributed by atoms with van der Waals surface area (Å²) in [5.41, 5.74) is 1.27. The zero-order chi connectivity index (χ0) is 4.41. The molecule has 0 N–H and O–H groups in total. The number of halogens is 2. The van der Waals surface area contributed by atoms with Crippen LogP contribution in [0, 0.1) is 6.08 Å². The average Bonchev–Trinajstić information content (AvgIpc) is 1.86. The predicted molar refractivity (Wildman–Crippen MR) is 26.2 cm³/mol. The van der Waals surface area contributed by atoms with E-state index >= 15 is 0 Å². The summed E-state index contributed by atoms with van der Waals surface area (Å²) in [7, 11) is 0. The van der Waals surface area contributed by atoms with Gasteiger partial charge in [-0.3, -0.25) is 6.08 Å². The van der Waals surface area contributed by atoms with E-state index in [0.717, 1.165) is 6.42 Å². The van der Waals surface area contributed by atoms with E-state index < -0.39 is 0 Å². The van der Waals surface area contributed by atoms with Gasteiger partial charge in [0.2, 0.25) is 0 Å². The first-order chi connectivity index (χ1) is 2.89. The minimum atomic E-state index is 0. The van der Waals surface area contributed by atoms with Gasteiger partial charge in [0.1, 0.15) is 0 Å². The summed E-state index contributed by atoms with van der Waals surface area (Å²) in [6.45, 7) is 2.06. The van der Waals surface area contributed by atoms with Crippen molar-refractivity contribution in [3.05, 3.63) is 23.8 Å². The van der Waals surface area contributed by atoms with Crippen LogP contribution >= 0.6 is 0 Å². The molecule has 53 valence electrons. The van der Waals surface area contributed by atoms with E-state index in [-0.39, 0.29) is 28.9 Å². The molecule has 0 aromatic carbocycles. The van der Waals surface area contributed by atoms with Crippen LogP contribution in [0.15, 0.2) is 17.7 Å². The van der Waals surface area contributed by atoms with Crippen molar-refractivity contribution in [1.29, 1.82) is 0 Å². The van der Waals surface area contributed by atoms with Crippen LogP contribution in [0.4, 0.5) is 0 Å². The quantitative estimate of drug-likeness (QED) is 0.285. The molecule has 3 heteroatoms. The van der Waals surface area contributed by atoms with E-state index in [4.69, 9.17) is 0 Å². The van der Waals surface area contributed by atoms with Crippen molar-refractivity contribution in [2.75, 3.05) is 0 Å². The Morgan fingerprint density at radius 2 is 2.00 bits per heavy atom. The molecule has 0 saturated carbocycles. The summed E-state index contributed by atoms with van der Waals surface area (Å²) in [5.74, 6) is 0. The van der Waals surface area contributed by atoms with Crippen molar-refractivity contribution in [2.45, 2.75) is 13.3 Å². The van der Waals surface area contributed by atoms with Gasteiger partial charge < -0.3 is 9.41 Å². The van der Waals surface area contributed by atoms with E-state index in [0.29, 0.717) is 0 Å². The third-order valence-corrected chi connectivity index (χ3v) is 0.867. The standard InChI is InChI=1S/C6H7.2FH.Ru/c1-6-4-2-3-5-6;;;/h2,4H,3H2,1H3;2*1H;/q-1;;;+3/p-2. The van der Waals surface area contributed by atoms with Gasteiger partial charge in [-0.15, -0.1) is 6.42 Å². The fraction of sp³-hybridized carbons (Fsp3) is 0.333. The van der Waals surface area contributed by atoms with E-state index in [1.807, 2.05) is 0 Å². The van der Waals surface area contributed by atoms with Crippen molar-refractivity contribution in [2.24, 2.45) is 0 Å². The van der Waals surface area contributed by atoms with Crippen molar-refractivity contribution in [3.63, 3.8) is 0 Å². The molecule has 0 aromatic heterocycles. The van der Waals surface area contributed by atoms with Gasteiger partial charge >= 0.3 is 19.5 Å². The van der Waals surface area contributed by atoms with Gasteiger partial charge in [0.25, 0.3) is 0 Å². The van der Waals surface area contributed by atoms with Crippen molar-refractivity contribution >= 4 is 0 Å². The molecular weight excluding hydrogens is 211 g/mol. The van der Waals surface area contributed by atoms with Crippen LogP contribution < -0.4 is 9.41 Å². The fourth-order valence-corrected chi connectivity index (χ4v) is 0.515. The molecule has 0 nitrogen and oxygen atoms in total. The zero-order valence-corrected chi connectivity index (χ0v) is 6.71. The molecular formula is C6H7F2Ru. The molecule has 0 atom stereocenters. The van der Waals surface area contributed by atoms with Gasteiger partial charge in [-0.2, -0.15) is 6.08 Å². The monoisotopic (exact) mass is 219 g/mol. The second kappa shape index (κ2) is 7.96. The molecule has 1 radical (unpaired) electrons. The first kappa shape index (κ1) is 16.0. The molecule has 9 heavy (non-hydrogen) atoms. The molecule has 0 fully saturated rings. The SMILES string of the molecule is CC1=[C-]CC=C1.[F-].[F-].[Ru+3]. The summed E-state index contributed by atoms with van der Waals surface area (Å²) in [6, 6.07) is 0. The number of allylic oxidation sites excluding steroid dienone is 4. The predicted octanol–water partition coefficient (Wildman–Crippen LogP) is -4.30. The third kappa shape index (κ3) is 5.84. The first-order valence-corrected chi connectivity index (χ1v) is 2.13. The van der Waals surface area contributed by atoms with Crippen LogP contribution in [0.2, 0.25) is 0 Å². The molecule has 1 aliphatic rings. The fourth-order valence-electron chi connectivity index (χ4n) is 0.515. The summed E-state index contributed by atoms with van der Waals surface area (Å²) in [5, 5.41) is 0. The smallest absolute Gasteiger partial charge is 1.00 e. The topological polar surface area (TPSA) is 0 Å². The van der Waals surface area contributed by atoms with Crippen molar-refractivity contribution in [1.82, 2.24) is 0 Å². The Bertz CT molecular complexity index is 105. The maximum atomic E-state index is 3.12. The Hall–Kier alpha value is -0.0366. The van der Waals surface area contributed by atoms with Crippen LogP contribution in [-0.2, 0) is 19.5 Å². The van der Waals surface area contributed by atoms with Crippen LogP contribution in [-0.4, -0.2) is 0 Å². The number of rotatable bonds is 0. The molecule has 0 spiro atoms. The minimum Gasteiger partial charge on any atom is -1.00 e. The minimum absolute atomic E-state index is 0. The molecule has 1 rings (SSSR count). The van der Waals surface area contributed by atoms with Gasteiger partial charge in [0, 0.05) is 0 Å². The van der Waals surface area contributed by atoms with Crippen LogP contribution in [0.25, 0.3) is 0 Å². The molecule has 0 amide bonds. The summed E-state index contributed by atoms with van der Waals surface area (Å²) >= 11 is 0.